The Bertz CT molecular complexity index is 1420. The monoisotopic (exact) mass is 581 g/mol. The predicted molar refractivity (Wildman–Crippen MR) is 136 cm³/mol. The van der Waals surface area contributed by atoms with Gasteiger partial charge in [0.15, 0.2) is 17.5 Å². The lowest BCUT2D eigenvalue weighted by Gasteiger charge is -2.39. The molecule has 2 atom stereocenters. The first-order valence-electron chi connectivity index (χ1n) is 12.7. The van der Waals surface area contributed by atoms with Crippen LogP contribution in [0.1, 0.15) is 30.9 Å². The minimum absolute atomic E-state index is 0.0548. The lowest BCUT2D eigenvalue weighted by atomic mass is 9.76. The molecule has 2 saturated heterocycles. The van der Waals surface area contributed by atoms with E-state index in [0.717, 1.165) is 24.3 Å². The molecule has 0 saturated carbocycles. The van der Waals surface area contributed by atoms with Gasteiger partial charge in [0, 0.05) is 31.3 Å². The van der Waals surface area contributed by atoms with Gasteiger partial charge in [0.1, 0.15) is 11.9 Å². The molecule has 0 radical (unpaired) electrons. The number of nitrogen functional groups attached to an aromatic ring is 1. The summed E-state index contributed by atoms with van der Waals surface area (Å²) in [6.07, 6.45) is -5.52. The number of carboxylic acid groups (broad SMARTS) is 1. The van der Waals surface area contributed by atoms with Gasteiger partial charge in [-0.2, -0.15) is 23.1 Å². The molecule has 41 heavy (non-hydrogen) atoms. The maximum absolute atomic E-state index is 14.1. The van der Waals surface area contributed by atoms with Gasteiger partial charge < -0.3 is 25.8 Å². The average Bonchev–Trinajstić information content (AvgIpc) is 3.33. The number of alkyl halides is 3. The van der Waals surface area contributed by atoms with Crippen molar-refractivity contribution < 1.29 is 41.0 Å². The van der Waals surface area contributed by atoms with Gasteiger partial charge in [0.25, 0.3) is 0 Å². The van der Waals surface area contributed by atoms with Crippen molar-refractivity contribution in [3.8, 4) is 17.0 Å². The van der Waals surface area contributed by atoms with Gasteiger partial charge in [0.05, 0.1) is 0 Å². The van der Waals surface area contributed by atoms with E-state index < -0.39 is 47.6 Å². The fourth-order valence-corrected chi connectivity index (χ4v) is 5.35. The molecule has 5 rings (SSSR count). The Kier molecular flexibility index (Phi) is 7.45. The maximum atomic E-state index is 14.1. The highest BCUT2D eigenvalue weighted by molar-refractivity contribution is 5.74. The number of aromatic nitrogens is 2. The fourth-order valence-electron chi connectivity index (χ4n) is 5.35. The van der Waals surface area contributed by atoms with Crippen LogP contribution in [0.5, 0.6) is 5.88 Å². The molecule has 2 aliphatic heterocycles. The third-order valence-electron chi connectivity index (χ3n) is 7.58. The van der Waals surface area contributed by atoms with Crippen molar-refractivity contribution in [2.24, 2.45) is 5.41 Å². The molecule has 1 aromatic heterocycles. The van der Waals surface area contributed by atoms with Gasteiger partial charge in [-0.3, -0.25) is 4.79 Å². The second-order valence-corrected chi connectivity index (χ2v) is 10.3. The number of nitrogens with two attached hydrogens (primary N) is 1. The molecule has 4 N–H and O–H groups in total. The summed E-state index contributed by atoms with van der Waals surface area (Å²) < 4.78 is 88.0. The number of ether oxygens (including phenoxy) is 1. The number of halogens is 6. The van der Waals surface area contributed by atoms with E-state index in [9.17, 15) is 36.2 Å². The zero-order valence-corrected chi connectivity index (χ0v) is 21.4. The third kappa shape index (κ3) is 6.01. The molecule has 1 unspecified atom stereocenters. The lowest BCUT2D eigenvalue weighted by Crippen LogP contribution is -2.41. The molecule has 8 nitrogen and oxygen atoms in total. The Morgan fingerprint density at radius 2 is 1.68 bits per heavy atom. The standard InChI is InChI=1S/C27H25F6N5O3/c28-17-9-16(10-18(29)22(17)30)14-1-3-15(4-2-14)23(27(31,32)33)41-21-11-20(36-25(34)37-21)38-7-5-26(6-8-38)12-19(24(39)40)35-13-26/h1-4,9-11,19,23,35H,5-8,12-13H2,(H,39,40)(H2,34,36,37)/t19-,23?/m0/s1. The number of hydrogen-bond donors (Lipinski definition) is 3. The Morgan fingerprint density at radius 3 is 2.24 bits per heavy atom. The number of anilines is 2. The van der Waals surface area contributed by atoms with Crippen molar-refractivity contribution >= 4 is 17.7 Å². The van der Waals surface area contributed by atoms with Gasteiger partial charge in [-0.1, -0.05) is 24.3 Å². The van der Waals surface area contributed by atoms with Crippen LogP contribution in [0.4, 0.5) is 38.1 Å². The summed E-state index contributed by atoms with van der Waals surface area (Å²) in [6.45, 7) is 1.53. The van der Waals surface area contributed by atoms with E-state index in [-0.39, 0.29) is 33.9 Å². The Balaban J connectivity index is 1.33. The SMILES string of the molecule is Nc1nc(OC(c2ccc(-c3cc(F)c(F)c(F)c3)cc2)C(F)(F)F)cc(N2CCC3(CC2)CN[C@H](C(=O)O)C3)n1. The fraction of sp³-hybridized carbons (Fsp3) is 0.370. The number of carboxylic acids is 1. The zero-order chi connectivity index (χ0) is 29.5. The zero-order valence-electron chi connectivity index (χ0n) is 21.4. The number of carbonyl (C=O) groups is 1. The predicted octanol–water partition coefficient (Wildman–Crippen LogP) is 4.86. The van der Waals surface area contributed by atoms with Gasteiger partial charge in [0.2, 0.25) is 17.9 Å². The van der Waals surface area contributed by atoms with Crippen molar-refractivity contribution in [1.82, 2.24) is 15.3 Å². The number of nitrogens with zero attached hydrogens (tertiary/aromatic N) is 3. The average molecular weight is 582 g/mol. The van der Waals surface area contributed by atoms with E-state index in [1.54, 1.807) is 0 Å². The van der Waals surface area contributed by atoms with E-state index in [4.69, 9.17) is 10.5 Å². The van der Waals surface area contributed by atoms with Crippen molar-refractivity contribution in [2.45, 2.75) is 37.6 Å². The maximum Gasteiger partial charge on any atom is 0.429 e. The highest BCUT2D eigenvalue weighted by atomic mass is 19.4. The first-order chi connectivity index (χ1) is 19.3. The van der Waals surface area contributed by atoms with Crippen LogP contribution in [-0.2, 0) is 4.79 Å². The van der Waals surface area contributed by atoms with Gasteiger partial charge in [-0.15, -0.1) is 0 Å². The Hall–Kier alpha value is -4.07. The van der Waals surface area contributed by atoms with E-state index in [1.165, 1.54) is 18.2 Å². The lowest BCUT2D eigenvalue weighted by molar-refractivity contribution is -0.198. The largest absolute Gasteiger partial charge is 0.480 e. The van der Waals surface area contributed by atoms with Crippen LogP contribution in [0.2, 0.25) is 0 Å². The number of nitrogens with one attached hydrogen (secondary N) is 1. The molecular weight excluding hydrogens is 556 g/mol. The molecule has 2 fully saturated rings. The quantitative estimate of drug-likeness (QED) is 0.280. The van der Waals surface area contributed by atoms with Crippen molar-refractivity contribution in [3.63, 3.8) is 0 Å². The summed E-state index contributed by atoms with van der Waals surface area (Å²) in [5.74, 6) is -5.82. The van der Waals surface area contributed by atoms with Crippen molar-refractivity contribution in [1.29, 1.82) is 0 Å². The van der Waals surface area contributed by atoms with E-state index in [1.807, 2.05) is 4.90 Å². The Morgan fingerprint density at radius 1 is 1.05 bits per heavy atom. The van der Waals surface area contributed by atoms with Crippen LogP contribution in [-0.4, -0.2) is 52.9 Å². The summed E-state index contributed by atoms with van der Waals surface area (Å²) >= 11 is 0. The first-order valence-corrected chi connectivity index (χ1v) is 12.7. The molecule has 2 aliphatic rings. The van der Waals surface area contributed by atoms with E-state index in [0.29, 0.717) is 38.9 Å². The highest BCUT2D eigenvalue weighted by Gasteiger charge is 2.45. The van der Waals surface area contributed by atoms with Crippen molar-refractivity contribution in [3.05, 3.63) is 65.5 Å². The van der Waals surface area contributed by atoms with E-state index >= 15 is 0 Å². The second-order valence-electron chi connectivity index (χ2n) is 10.3. The van der Waals surface area contributed by atoms with Crippen molar-refractivity contribution in [2.75, 3.05) is 30.3 Å². The summed E-state index contributed by atoms with van der Waals surface area (Å²) in [7, 11) is 0. The molecule has 0 aliphatic carbocycles. The highest BCUT2D eigenvalue weighted by Crippen LogP contribution is 2.41. The summed E-state index contributed by atoms with van der Waals surface area (Å²) in [5, 5.41) is 12.3. The third-order valence-corrected chi connectivity index (χ3v) is 7.58. The smallest absolute Gasteiger partial charge is 0.429 e. The molecule has 1 spiro atoms. The molecule has 3 heterocycles. The minimum Gasteiger partial charge on any atom is -0.480 e. The van der Waals surface area contributed by atoms with Crippen LogP contribution in [0.15, 0.2) is 42.5 Å². The van der Waals surface area contributed by atoms with Gasteiger partial charge >= 0.3 is 12.1 Å². The number of aliphatic carboxylic acids is 1. The minimum atomic E-state index is -4.87. The van der Waals surface area contributed by atoms with Crippen LogP contribution in [0, 0.1) is 22.9 Å². The number of rotatable bonds is 6. The molecule has 0 amide bonds. The first kappa shape index (κ1) is 28.5. The molecule has 3 aromatic rings. The number of piperidine rings is 1. The molecule has 218 valence electrons. The Labute approximate surface area is 230 Å². The van der Waals surface area contributed by atoms with Gasteiger partial charge in [-0.05, 0) is 47.9 Å². The summed E-state index contributed by atoms with van der Waals surface area (Å²) in [5.41, 5.74) is 5.41. The van der Waals surface area contributed by atoms with Crippen LogP contribution in [0.3, 0.4) is 0 Å². The topological polar surface area (TPSA) is 114 Å². The number of benzene rings is 2. The molecular formula is C27H25F6N5O3. The van der Waals surface area contributed by atoms with Gasteiger partial charge in [-0.25, -0.2) is 13.2 Å². The molecule has 14 heteroatoms. The number of hydrogen-bond acceptors (Lipinski definition) is 7. The van der Waals surface area contributed by atoms with Crippen LogP contribution in [0.25, 0.3) is 11.1 Å². The summed E-state index contributed by atoms with van der Waals surface area (Å²) in [4.78, 5) is 21.1. The second kappa shape index (κ2) is 10.7. The normalized spacial score (nSPS) is 19.4. The van der Waals surface area contributed by atoms with E-state index in [2.05, 4.69) is 15.3 Å². The van der Waals surface area contributed by atoms with Crippen LogP contribution >= 0.6 is 0 Å². The molecule has 2 aromatic carbocycles. The van der Waals surface area contributed by atoms with Crippen LogP contribution < -0.4 is 20.7 Å². The molecule has 0 bridgehead atoms. The summed E-state index contributed by atoms with van der Waals surface area (Å²) in [6, 6.07) is 6.73.